The van der Waals surface area contributed by atoms with Crippen molar-refractivity contribution in [1.82, 2.24) is 19.2 Å². The lowest BCUT2D eigenvalue weighted by Crippen LogP contribution is -2.47. The Hall–Kier alpha value is -3.19. The molecule has 2 amide bonds. The fraction of sp³-hybridized carbons (Fsp3) is 0.286. The molecule has 144 valence electrons. The first-order valence-corrected chi connectivity index (χ1v) is 9.36. The lowest BCUT2D eigenvalue weighted by molar-refractivity contribution is 0.0661. The lowest BCUT2D eigenvalue weighted by atomic mass is 10.2. The van der Waals surface area contributed by atoms with E-state index in [2.05, 4.69) is 15.2 Å². The van der Waals surface area contributed by atoms with Crippen molar-refractivity contribution in [1.29, 1.82) is 0 Å². The molecule has 1 aliphatic heterocycles. The number of hydrogen-bond donors (Lipinski definition) is 1. The van der Waals surface area contributed by atoms with Gasteiger partial charge in [0.1, 0.15) is 0 Å². The van der Waals surface area contributed by atoms with E-state index < -0.39 is 0 Å². The van der Waals surface area contributed by atoms with Gasteiger partial charge in [-0.3, -0.25) is 14.0 Å². The summed E-state index contributed by atoms with van der Waals surface area (Å²) in [4.78, 5) is 34.4. The van der Waals surface area contributed by atoms with Gasteiger partial charge in [0.05, 0.1) is 5.52 Å². The Morgan fingerprint density at radius 2 is 1.82 bits per heavy atom. The molecule has 2 aromatic heterocycles. The largest absolute Gasteiger partial charge is 0.335 e. The maximum Gasteiger partial charge on any atom is 0.292 e. The number of carbonyl (C=O) groups excluding carboxylic acids is 2. The molecule has 7 heteroatoms. The first kappa shape index (κ1) is 18.2. The first-order chi connectivity index (χ1) is 13.5. The van der Waals surface area contributed by atoms with Crippen molar-refractivity contribution >= 4 is 23.0 Å². The smallest absolute Gasteiger partial charge is 0.292 e. The van der Waals surface area contributed by atoms with Crippen LogP contribution in [0.2, 0.25) is 0 Å². The number of piperazine rings is 1. The molecule has 0 unspecified atom stereocenters. The Bertz CT molecular complexity index is 1030. The minimum absolute atomic E-state index is 0.133. The number of fused-ring (bicyclic) bond motifs is 1. The van der Waals surface area contributed by atoms with Crippen LogP contribution < -0.4 is 5.32 Å². The fourth-order valence-corrected chi connectivity index (χ4v) is 3.42. The van der Waals surface area contributed by atoms with E-state index in [0.29, 0.717) is 30.0 Å². The standard InChI is InChI=1S/C21H23N5O2/c1-15-6-5-7-16(14-15)22-20(27)19-23-18(17-8-3-4-9-26(17)19)21(28)25-12-10-24(2)11-13-25/h3-9,14H,10-13H2,1-2H3,(H,22,27). The van der Waals surface area contributed by atoms with E-state index in [4.69, 9.17) is 0 Å². The zero-order valence-corrected chi connectivity index (χ0v) is 16.1. The number of nitrogens with one attached hydrogen (secondary N) is 1. The van der Waals surface area contributed by atoms with E-state index in [-0.39, 0.29) is 17.6 Å². The number of aromatic nitrogens is 2. The summed E-state index contributed by atoms with van der Waals surface area (Å²) in [5.41, 5.74) is 2.71. The molecule has 3 aromatic rings. The monoisotopic (exact) mass is 377 g/mol. The van der Waals surface area contributed by atoms with Crippen LogP contribution in [0.1, 0.15) is 26.7 Å². The molecule has 1 aliphatic rings. The highest BCUT2D eigenvalue weighted by Gasteiger charge is 2.27. The number of imidazole rings is 1. The van der Waals surface area contributed by atoms with Crippen LogP contribution in [0.15, 0.2) is 48.7 Å². The van der Waals surface area contributed by atoms with Crippen LogP contribution in [-0.2, 0) is 0 Å². The number of rotatable bonds is 3. The molecule has 1 aromatic carbocycles. The number of amides is 2. The summed E-state index contributed by atoms with van der Waals surface area (Å²) in [6, 6.07) is 13.1. The van der Waals surface area contributed by atoms with Crippen LogP contribution in [0.4, 0.5) is 5.69 Å². The molecule has 0 saturated carbocycles. The van der Waals surface area contributed by atoms with Gasteiger partial charge in [0, 0.05) is 38.1 Å². The van der Waals surface area contributed by atoms with Crippen molar-refractivity contribution < 1.29 is 9.59 Å². The van der Waals surface area contributed by atoms with Crippen molar-refractivity contribution in [2.45, 2.75) is 6.92 Å². The third kappa shape index (κ3) is 3.48. The third-order valence-corrected chi connectivity index (χ3v) is 5.02. The molecule has 1 saturated heterocycles. The van der Waals surface area contributed by atoms with Crippen molar-refractivity contribution in [3.63, 3.8) is 0 Å². The van der Waals surface area contributed by atoms with E-state index in [1.54, 1.807) is 15.5 Å². The second kappa shape index (κ2) is 7.44. The molecule has 0 atom stereocenters. The summed E-state index contributed by atoms with van der Waals surface area (Å²) in [6.07, 6.45) is 1.76. The molecular formula is C21H23N5O2. The lowest BCUT2D eigenvalue weighted by Gasteiger charge is -2.32. The SMILES string of the molecule is Cc1cccc(NC(=O)c2nc(C(=O)N3CCN(C)CC3)c3ccccn23)c1. The zero-order valence-electron chi connectivity index (χ0n) is 16.1. The molecule has 0 radical (unpaired) electrons. The van der Waals surface area contributed by atoms with Gasteiger partial charge in [-0.25, -0.2) is 4.98 Å². The molecule has 0 spiro atoms. The topological polar surface area (TPSA) is 70.0 Å². The van der Waals surface area contributed by atoms with Crippen LogP contribution in [0, 0.1) is 6.92 Å². The van der Waals surface area contributed by atoms with E-state index in [9.17, 15) is 9.59 Å². The number of pyridine rings is 1. The quantitative estimate of drug-likeness (QED) is 0.760. The van der Waals surface area contributed by atoms with Gasteiger partial charge in [-0.2, -0.15) is 0 Å². The van der Waals surface area contributed by atoms with Crippen molar-refractivity contribution in [2.75, 3.05) is 38.5 Å². The summed E-state index contributed by atoms with van der Waals surface area (Å²) in [5, 5.41) is 2.87. The molecular weight excluding hydrogens is 354 g/mol. The van der Waals surface area contributed by atoms with Gasteiger partial charge in [-0.1, -0.05) is 18.2 Å². The highest BCUT2D eigenvalue weighted by molar-refractivity contribution is 6.06. The van der Waals surface area contributed by atoms with Crippen LogP contribution in [0.5, 0.6) is 0 Å². The van der Waals surface area contributed by atoms with E-state index in [1.807, 2.05) is 56.4 Å². The van der Waals surface area contributed by atoms with Crippen molar-refractivity contribution in [3.05, 3.63) is 65.7 Å². The van der Waals surface area contributed by atoms with Gasteiger partial charge in [0.15, 0.2) is 5.69 Å². The average Bonchev–Trinajstić information content (AvgIpc) is 3.08. The third-order valence-electron chi connectivity index (χ3n) is 5.02. The molecule has 1 N–H and O–H groups in total. The molecule has 3 heterocycles. The second-order valence-electron chi connectivity index (χ2n) is 7.16. The Morgan fingerprint density at radius 3 is 2.57 bits per heavy atom. The maximum absolute atomic E-state index is 13.1. The highest BCUT2D eigenvalue weighted by Crippen LogP contribution is 2.18. The summed E-state index contributed by atoms with van der Waals surface area (Å²) in [5.74, 6) is -0.273. The van der Waals surface area contributed by atoms with Gasteiger partial charge >= 0.3 is 0 Å². The first-order valence-electron chi connectivity index (χ1n) is 9.36. The Labute approximate surface area is 163 Å². The normalized spacial score (nSPS) is 15.0. The molecule has 1 fully saturated rings. The van der Waals surface area contributed by atoms with Crippen LogP contribution >= 0.6 is 0 Å². The molecule has 28 heavy (non-hydrogen) atoms. The summed E-state index contributed by atoms with van der Waals surface area (Å²) in [6.45, 7) is 4.95. The van der Waals surface area contributed by atoms with Crippen LogP contribution in [0.3, 0.4) is 0 Å². The molecule has 0 bridgehead atoms. The average molecular weight is 377 g/mol. The molecule has 7 nitrogen and oxygen atoms in total. The fourth-order valence-electron chi connectivity index (χ4n) is 3.42. The Balaban J connectivity index is 1.66. The van der Waals surface area contributed by atoms with Crippen LogP contribution in [-0.4, -0.2) is 64.2 Å². The van der Waals surface area contributed by atoms with Crippen molar-refractivity contribution in [3.8, 4) is 0 Å². The van der Waals surface area contributed by atoms with Crippen LogP contribution in [0.25, 0.3) is 5.52 Å². The van der Waals surface area contributed by atoms with Gasteiger partial charge in [-0.05, 0) is 43.8 Å². The number of anilines is 1. The maximum atomic E-state index is 13.1. The number of hydrogen-bond acceptors (Lipinski definition) is 4. The second-order valence-corrected chi connectivity index (χ2v) is 7.16. The predicted molar refractivity (Wildman–Crippen MR) is 108 cm³/mol. The Morgan fingerprint density at radius 1 is 1.04 bits per heavy atom. The number of aryl methyl sites for hydroxylation is 1. The highest BCUT2D eigenvalue weighted by atomic mass is 16.2. The molecule has 0 aliphatic carbocycles. The molecule has 4 rings (SSSR count). The van der Waals surface area contributed by atoms with E-state index in [1.165, 1.54) is 0 Å². The van der Waals surface area contributed by atoms with Gasteiger partial charge in [-0.15, -0.1) is 0 Å². The van der Waals surface area contributed by atoms with Crippen molar-refractivity contribution in [2.24, 2.45) is 0 Å². The predicted octanol–water partition coefficient (Wildman–Crippen LogP) is 2.28. The number of likely N-dealkylation sites (N-methyl/N-ethyl adjacent to an activating group) is 1. The number of benzene rings is 1. The number of nitrogens with zero attached hydrogens (tertiary/aromatic N) is 4. The van der Waals surface area contributed by atoms with Gasteiger partial charge < -0.3 is 15.1 Å². The van der Waals surface area contributed by atoms with Gasteiger partial charge in [0.25, 0.3) is 11.8 Å². The van der Waals surface area contributed by atoms with Gasteiger partial charge in [0.2, 0.25) is 5.82 Å². The van der Waals surface area contributed by atoms with E-state index in [0.717, 1.165) is 18.7 Å². The summed E-state index contributed by atoms with van der Waals surface area (Å²) in [7, 11) is 2.04. The summed E-state index contributed by atoms with van der Waals surface area (Å²) < 4.78 is 1.68. The number of carbonyl (C=O) groups is 2. The minimum atomic E-state index is -0.343. The van der Waals surface area contributed by atoms with E-state index >= 15 is 0 Å². The summed E-state index contributed by atoms with van der Waals surface area (Å²) >= 11 is 0. The zero-order chi connectivity index (χ0) is 19.7. The Kier molecular flexibility index (Phi) is 4.83. The minimum Gasteiger partial charge on any atom is -0.335 e.